The molecule has 3 aromatic carbocycles. The smallest absolute Gasteiger partial charge is 0.335 e. The van der Waals surface area contributed by atoms with Crippen LogP contribution < -0.4 is 0 Å². The highest BCUT2D eigenvalue weighted by Gasteiger charge is 2.32. The molecule has 2 heterocycles. The van der Waals surface area contributed by atoms with Crippen LogP contribution in [0.3, 0.4) is 0 Å². The summed E-state index contributed by atoms with van der Waals surface area (Å²) in [7, 11) is 0. The molecule has 0 bridgehead atoms. The molecule has 1 aromatic heterocycles. The molecule has 7 heteroatoms. The number of fused-ring (bicyclic) bond motifs is 1. The van der Waals surface area contributed by atoms with Gasteiger partial charge in [0.1, 0.15) is 0 Å². The Morgan fingerprint density at radius 3 is 2.43 bits per heavy atom. The predicted octanol–water partition coefficient (Wildman–Crippen LogP) is 6.01. The van der Waals surface area contributed by atoms with Crippen molar-refractivity contribution in [1.29, 1.82) is 0 Å². The quantitative estimate of drug-likeness (QED) is 0.342. The molecule has 0 saturated carbocycles. The zero-order valence-corrected chi connectivity index (χ0v) is 19.9. The Morgan fingerprint density at radius 2 is 1.71 bits per heavy atom. The van der Waals surface area contributed by atoms with E-state index < -0.39 is 5.97 Å². The van der Waals surface area contributed by atoms with Crippen LogP contribution in [0.1, 0.15) is 28.4 Å². The summed E-state index contributed by atoms with van der Waals surface area (Å²) in [6.07, 6.45) is 4.03. The van der Waals surface area contributed by atoms with Crippen molar-refractivity contribution in [2.24, 2.45) is 4.99 Å². The van der Waals surface area contributed by atoms with Gasteiger partial charge in [-0.2, -0.15) is 0 Å². The van der Waals surface area contributed by atoms with Crippen LogP contribution in [-0.2, 0) is 11.3 Å². The van der Waals surface area contributed by atoms with Crippen molar-refractivity contribution in [3.8, 4) is 0 Å². The Labute approximate surface area is 207 Å². The first-order valence-electron chi connectivity index (χ1n) is 11.3. The molecule has 0 atom stereocenters. The monoisotopic (exact) mass is 481 g/mol. The molecule has 0 radical (unpaired) electrons. The number of likely N-dealkylation sites (N-methyl/N-ethyl adjacent to an activating group) is 1. The minimum Gasteiger partial charge on any atom is -0.478 e. The summed E-state index contributed by atoms with van der Waals surface area (Å²) in [5, 5.41) is 10.8. The SMILES string of the molecule is CCN1C(=O)/C(=C/c2cn(Cc3ccccc3)c3ccccc23)SC1=Nc1ccc(C(=O)O)cc1. The van der Waals surface area contributed by atoms with E-state index in [4.69, 9.17) is 5.11 Å². The van der Waals surface area contributed by atoms with Crippen LogP contribution in [0.2, 0.25) is 0 Å². The molecule has 1 aliphatic rings. The van der Waals surface area contributed by atoms with E-state index in [0.29, 0.717) is 22.3 Å². The fourth-order valence-electron chi connectivity index (χ4n) is 4.10. The third-order valence-electron chi connectivity index (χ3n) is 5.85. The molecule has 0 spiro atoms. The maximum Gasteiger partial charge on any atom is 0.335 e. The molecule has 1 fully saturated rings. The van der Waals surface area contributed by atoms with Crippen LogP contribution in [0, 0.1) is 0 Å². The number of amidine groups is 1. The Bertz CT molecular complexity index is 1470. The number of hydrogen-bond acceptors (Lipinski definition) is 4. The van der Waals surface area contributed by atoms with E-state index >= 15 is 0 Å². The minimum atomic E-state index is -0.985. The Morgan fingerprint density at radius 1 is 1.00 bits per heavy atom. The fourth-order valence-corrected chi connectivity index (χ4v) is 5.15. The summed E-state index contributed by atoms with van der Waals surface area (Å²) >= 11 is 1.34. The Balaban J connectivity index is 1.49. The minimum absolute atomic E-state index is 0.0849. The lowest BCUT2D eigenvalue weighted by molar-refractivity contribution is -0.122. The third kappa shape index (κ3) is 4.63. The number of hydrogen-bond donors (Lipinski definition) is 1. The molecule has 5 rings (SSSR count). The first-order valence-corrected chi connectivity index (χ1v) is 12.1. The van der Waals surface area contributed by atoms with E-state index in [1.807, 2.05) is 43.3 Å². The Kier molecular flexibility index (Phi) is 6.25. The van der Waals surface area contributed by atoms with Crippen LogP contribution >= 0.6 is 11.8 Å². The first kappa shape index (κ1) is 22.7. The van der Waals surface area contributed by atoms with Crippen molar-refractivity contribution in [2.75, 3.05) is 6.54 Å². The maximum absolute atomic E-state index is 13.2. The van der Waals surface area contributed by atoms with Gasteiger partial charge in [-0.15, -0.1) is 0 Å². The number of amides is 1. The van der Waals surface area contributed by atoms with Gasteiger partial charge in [-0.25, -0.2) is 9.79 Å². The molecule has 1 aliphatic heterocycles. The maximum atomic E-state index is 13.2. The topological polar surface area (TPSA) is 74.9 Å². The van der Waals surface area contributed by atoms with Crippen molar-refractivity contribution in [3.05, 3.63) is 107 Å². The number of nitrogens with zero attached hydrogens (tertiary/aromatic N) is 3. The van der Waals surface area contributed by atoms with Gasteiger partial charge in [-0.1, -0.05) is 48.5 Å². The number of carboxylic acid groups (broad SMARTS) is 1. The van der Waals surface area contributed by atoms with Gasteiger partial charge >= 0.3 is 5.97 Å². The van der Waals surface area contributed by atoms with Gasteiger partial charge in [-0.05, 0) is 60.7 Å². The summed E-state index contributed by atoms with van der Waals surface area (Å²) in [6, 6.07) is 24.8. The fraction of sp³-hybridized carbons (Fsp3) is 0.107. The number of aliphatic imine (C=N–C) groups is 1. The lowest BCUT2D eigenvalue weighted by atomic mass is 10.1. The first-order chi connectivity index (χ1) is 17.0. The average molecular weight is 482 g/mol. The molecular formula is C28H23N3O3S. The van der Waals surface area contributed by atoms with E-state index in [-0.39, 0.29) is 11.5 Å². The zero-order chi connectivity index (χ0) is 24.4. The molecule has 1 saturated heterocycles. The Hall–Kier alpha value is -4.10. The number of aromatic nitrogens is 1. The van der Waals surface area contributed by atoms with Crippen molar-refractivity contribution in [2.45, 2.75) is 13.5 Å². The number of rotatable bonds is 6. The van der Waals surface area contributed by atoms with Crippen molar-refractivity contribution >= 4 is 51.5 Å². The second-order valence-corrected chi connectivity index (χ2v) is 9.13. The van der Waals surface area contributed by atoms with Gasteiger partial charge in [0.05, 0.1) is 16.2 Å². The predicted molar refractivity (Wildman–Crippen MR) is 141 cm³/mol. The van der Waals surface area contributed by atoms with Gasteiger partial charge in [-0.3, -0.25) is 9.69 Å². The van der Waals surface area contributed by atoms with Crippen molar-refractivity contribution in [3.63, 3.8) is 0 Å². The lowest BCUT2D eigenvalue weighted by Crippen LogP contribution is -2.28. The molecule has 35 heavy (non-hydrogen) atoms. The highest BCUT2D eigenvalue weighted by molar-refractivity contribution is 8.18. The lowest BCUT2D eigenvalue weighted by Gasteiger charge is -2.12. The molecule has 0 unspecified atom stereocenters. The van der Waals surface area contributed by atoms with Gasteiger partial charge in [0.2, 0.25) is 0 Å². The van der Waals surface area contributed by atoms with Gasteiger partial charge in [0.25, 0.3) is 5.91 Å². The van der Waals surface area contributed by atoms with Gasteiger partial charge in [0.15, 0.2) is 5.17 Å². The van der Waals surface area contributed by atoms with E-state index in [1.54, 1.807) is 17.0 Å². The molecule has 4 aromatic rings. The number of benzene rings is 3. The van der Waals surface area contributed by atoms with Crippen LogP contribution in [0.25, 0.3) is 17.0 Å². The highest BCUT2D eigenvalue weighted by Crippen LogP contribution is 2.35. The highest BCUT2D eigenvalue weighted by atomic mass is 32.2. The van der Waals surface area contributed by atoms with Gasteiger partial charge in [0, 0.05) is 35.8 Å². The van der Waals surface area contributed by atoms with E-state index in [9.17, 15) is 9.59 Å². The van der Waals surface area contributed by atoms with E-state index in [2.05, 4.69) is 40.0 Å². The van der Waals surface area contributed by atoms with Crippen molar-refractivity contribution < 1.29 is 14.7 Å². The summed E-state index contributed by atoms with van der Waals surface area (Å²) < 4.78 is 2.21. The zero-order valence-electron chi connectivity index (χ0n) is 19.1. The number of carbonyl (C=O) groups excluding carboxylic acids is 1. The molecular weight excluding hydrogens is 458 g/mol. The van der Waals surface area contributed by atoms with E-state index in [0.717, 1.165) is 23.0 Å². The summed E-state index contributed by atoms with van der Waals surface area (Å²) in [5.41, 5.74) is 4.10. The largest absolute Gasteiger partial charge is 0.478 e. The molecule has 174 valence electrons. The average Bonchev–Trinajstić information content (AvgIpc) is 3.36. The number of carboxylic acids is 1. The van der Waals surface area contributed by atoms with Crippen LogP contribution in [-0.4, -0.2) is 38.2 Å². The van der Waals surface area contributed by atoms with Crippen LogP contribution in [0.15, 0.2) is 95.0 Å². The third-order valence-corrected chi connectivity index (χ3v) is 6.85. The van der Waals surface area contributed by atoms with Gasteiger partial charge < -0.3 is 9.67 Å². The van der Waals surface area contributed by atoms with Crippen LogP contribution in [0.4, 0.5) is 5.69 Å². The molecule has 6 nitrogen and oxygen atoms in total. The second kappa shape index (κ2) is 9.64. The standard InChI is InChI=1S/C28H23N3O3S/c1-2-31-26(32)25(35-28(31)29-22-14-12-20(13-15-22)27(33)34)16-21-18-30(17-19-8-4-3-5-9-19)24-11-7-6-10-23(21)24/h3-16,18H,2,17H2,1H3,(H,33,34)/b25-16-,29-28?. The van der Waals surface area contributed by atoms with Crippen LogP contribution in [0.5, 0.6) is 0 Å². The normalized spacial score (nSPS) is 16.0. The number of aromatic carboxylic acids is 1. The summed E-state index contributed by atoms with van der Waals surface area (Å²) in [6.45, 7) is 3.15. The molecule has 0 aliphatic carbocycles. The van der Waals surface area contributed by atoms with Crippen molar-refractivity contribution in [1.82, 2.24) is 9.47 Å². The number of thioether (sulfide) groups is 1. The van der Waals surface area contributed by atoms with E-state index in [1.165, 1.54) is 29.5 Å². The summed E-state index contributed by atoms with van der Waals surface area (Å²) in [4.78, 5) is 31.2. The number of carbonyl (C=O) groups is 2. The number of para-hydroxylation sites is 1. The second-order valence-electron chi connectivity index (χ2n) is 8.12. The molecule has 1 N–H and O–H groups in total. The summed E-state index contributed by atoms with van der Waals surface area (Å²) in [5.74, 6) is -1.07. The molecule has 1 amide bonds.